The fraction of sp³-hybridized carbons (Fsp3) is 0.462. The molecule has 0 aliphatic carbocycles. The molecule has 0 fully saturated rings. The van der Waals surface area contributed by atoms with Crippen molar-refractivity contribution in [3.8, 4) is 12.1 Å². The van der Waals surface area contributed by atoms with Gasteiger partial charge in [-0.15, -0.1) is 0 Å². The Morgan fingerprint density at radius 1 is 1.40 bits per heavy atom. The third-order valence-corrected chi connectivity index (χ3v) is 4.43. The molecule has 20 heavy (non-hydrogen) atoms. The standard InChI is InChI=1S/C13H16N4O2S/c1-11(2)10-17(8-4-6-14)20(18,19)13-5-3-7-16-12(13)9-15/h3,5,7,11H,4,8,10H2,1-2H3. The summed E-state index contributed by atoms with van der Waals surface area (Å²) >= 11 is 0. The normalized spacial score (nSPS) is 11.3. The van der Waals surface area contributed by atoms with Crippen molar-refractivity contribution in [2.75, 3.05) is 13.1 Å². The van der Waals surface area contributed by atoms with Crippen LogP contribution in [0.1, 0.15) is 26.0 Å². The highest BCUT2D eigenvalue weighted by Gasteiger charge is 2.27. The predicted octanol–water partition coefficient (Wildman–Crippen LogP) is 1.51. The molecule has 106 valence electrons. The van der Waals surface area contributed by atoms with Crippen LogP contribution in [0, 0.1) is 28.6 Å². The smallest absolute Gasteiger partial charge is 0.244 e. The van der Waals surface area contributed by atoms with Crippen LogP contribution in [0.25, 0.3) is 0 Å². The van der Waals surface area contributed by atoms with E-state index in [2.05, 4.69) is 4.98 Å². The number of nitriles is 2. The van der Waals surface area contributed by atoms with Crippen LogP contribution in [0.2, 0.25) is 0 Å². The molecule has 0 saturated carbocycles. The van der Waals surface area contributed by atoms with Crippen molar-refractivity contribution >= 4 is 10.0 Å². The second-order valence-electron chi connectivity index (χ2n) is 4.63. The first-order valence-electron chi connectivity index (χ1n) is 6.15. The van der Waals surface area contributed by atoms with E-state index >= 15 is 0 Å². The van der Waals surface area contributed by atoms with Crippen molar-refractivity contribution < 1.29 is 8.42 Å². The first-order valence-corrected chi connectivity index (χ1v) is 7.59. The molecule has 0 atom stereocenters. The van der Waals surface area contributed by atoms with E-state index in [0.717, 1.165) is 0 Å². The van der Waals surface area contributed by atoms with Crippen LogP contribution in [-0.4, -0.2) is 30.8 Å². The Hall–Kier alpha value is -1.96. The summed E-state index contributed by atoms with van der Waals surface area (Å²) in [6.45, 7) is 4.19. The quantitative estimate of drug-likeness (QED) is 0.791. The molecule has 0 unspecified atom stereocenters. The van der Waals surface area contributed by atoms with Crippen LogP contribution in [-0.2, 0) is 10.0 Å². The maximum atomic E-state index is 12.6. The molecule has 6 nitrogen and oxygen atoms in total. The maximum Gasteiger partial charge on any atom is 0.246 e. The lowest BCUT2D eigenvalue weighted by Crippen LogP contribution is -2.35. The Morgan fingerprint density at radius 3 is 2.65 bits per heavy atom. The lowest BCUT2D eigenvalue weighted by Gasteiger charge is -2.23. The molecule has 0 aliphatic heterocycles. The number of nitrogens with zero attached hydrogens (tertiary/aromatic N) is 4. The van der Waals surface area contributed by atoms with E-state index in [1.54, 1.807) is 6.07 Å². The number of aromatic nitrogens is 1. The highest BCUT2D eigenvalue weighted by Crippen LogP contribution is 2.19. The van der Waals surface area contributed by atoms with Gasteiger partial charge in [0, 0.05) is 25.7 Å². The highest BCUT2D eigenvalue weighted by atomic mass is 32.2. The molecule has 1 heterocycles. The zero-order chi connectivity index (χ0) is 15.2. The van der Waals surface area contributed by atoms with Gasteiger partial charge in [-0.25, -0.2) is 13.4 Å². The van der Waals surface area contributed by atoms with Crippen molar-refractivity contribution in [1.29, 1.82) is 10.5 Å². The van der Waals surface area contributed by atoms with E-state index < -0.39 is 10.0 Å². The second-order valence-corrected chi connectivity index (χ2v) is 6.53. The van der Waals surface area contributed by atoms with E-state index in [1.807, 2.05) is 19.9 Å². The SMILES string of the molecule is CC(C)CN(CCC#N)S(=O)(=O)c1cccnc1C#N. The van der Waals surface area contributed by atoms with E-state index in [9.17, 15) is 8.42 Å². The van der Waals surface area contributed by atoms with Gasteiger partial charge in [-0.1, -0.05) is 13.8 Å². The Bertz CT molecular complexity index is 641. The molecule has 0 amide bonds. The first-order chi connectivity index (χ1) is 9.43. The monoisotopic (exact) mass is 292 g/mol. The fourth-order valence-electron chi connectivity index (χ4n) is 1.71. The molecule has 1 aromatic rings. The van der Waals surface area contributed by atoms with Crippen LogP contribution in [0.15, 0.2) is 23.2 Å². The Morgan fingerprint density at radius 2 is 2.10 bits per heavy atom. The summed E-state index contributed by atoms with van der Waals surface area (Å²) < 4.78 is 26.4. The molecule has 0 radical (unpaired) electrons. The first kappa shape index (κ1) is 16.1. The predicted molar refractivity (Wildman–Crippen MR) is 72.8 cm³/mol. The summed E-state index contributed by atoms with van der Waals surface area (Å²) in [5, 5.41) is 17.6. The van der Waals surface area contributed by atoms with Gasteiger partial charge in [-0.2, -0.15) is 14.8 Å². The van der Waals surface area contributed by atoms with Gasteiger partial charge in [-0.3, -0.25) is 0 Å². The molecule has 7 heteroatoms. The van der Waals surface area contributed by atoms with Gasteiger partial charge >= 0.3 is 0 Å². The third kappa shape index (κ3) is 3.77. The molecule has 0 N–H and O–H groups in total. The fourth-order valence-corrected chi connectivity index (χ4v) is 3.41. The second kappa shape index (κ2) is 6.99. The summed E-state index contributed by atoms with van der Waals surface area (Å²) in [4.78, 5) is 3.66. The van der Waals surface area contributed by atoms with Crippen LogP contribution >= 0.6 is 0 Å². The number of hydrogen-bond acceptors (Lipinski definition) is 5. The molecule has 1 rings (SSSR count). The van der Waals surface area contributed by atoms with Crippen LogP contribution in [0.5, 0.6) is 0 Å². The van der Waals surface area contributed by atoms with Crippen molar-refractivity contribution in [1.82, 2.24) is 9.29 Å². The summed E-state index contributed by atoms with van der Waals surface area (Å²) in [6, 6.07) is 6.56. The van der Waals surface area contributed by atoms with Gasteiger partial charge < -0.3 is 0 Å². The molecular weight excluding hydrogens is 276 g/mol. The lowest BCUT2D eigenvalue weighted by atomic mass is 10.2. The Kier molecular flexibility index (Phi) is 5.63. The third-order valence-electron chi connectivity index (χ3n) is 2.54. The van der Waals surface area contributed by atoms with E-state index in [0.29, 0.717) is 6.54 Å². The largest absolute Gasteiger partial charge is 0.246 e. The number of rotatable bonds is 6. The summed E-state index contributed by atoms with van der Waals surface area (Å²) in [6.07, 6.45) is 1.48. The van der Waals surface area contributed by atoms with E-state index in [1.165, 1.54) is 22.6 Å². The van der Waals surface area contributed by atoms with Crippen LogP contribution in [0.4, 0.5) is 0 Å². The van der Waals surface area contributed by atoms with Crippen molar-refractivity contribution in [2.24, 2.45) is 5.92 Å². The van der Waals surface area contributed by atoms with Gasteiger partial charge in [0.2, 0.25) is 10.0 Å². The topological polar surface area (TPSA) is 97.8 Å². The average molecular weight is 292 g/mol. The molecule has 0 bridgehead atoms. The summed E-state index contributed by atoms with van der Waals surface area (Å²) in [5.41, 5.74) is -0.127. The van der Waals surface area contributed by atoms with Gasteiger partial charge in [0.15, 0.2) is 5.69 Å². The minimum absolute atomic E-state index is 0.105. The molecule has 0 spiro atoms. The van der Waals surface area contributed by atoms with Crippen molar-refractivity contribution in [3.05, 3.63) is 24.0 Å². The van der Waals surface area contributed by atoms with Crippen LogP contribution in [0.3, 0.4) is 0 Å². The molecule has 1 aromatic heterocycles. The minimum Gasteiger partial charge on any atom is -0.244 e. The Balaban J connectivity index is 3.22. The van der Waals surface area contributed by atoms with E-state index in [4.69, 9.17) is 10.5 Å². The molecule has 0 aliphatic rings. The average Bonchev–Trinajstić information content (AvgIpc) is 2.42. The lowest BCUT2D eigenvalue weighted by molar-refractivity contribution is 0.372. The number of sulfonamides is 1. The minimum atomic E-state index is -3.81. The molecule has 0 saturated heterocycles. The zero-order valence-electron chi connectivity index (χ0n) is 11.4. The summed E-state index contributed by atoms with van der Waals surface area (Å²) in [5.74, 6) is 0.116. The maximum absolute atomic E-state index is 12.6. The molecule has 0 aromatic carbocycles. The highest BCUT2D eigenvalue weighted by molar-refractivity contribution is 7.89. The molecular formula is C13H16N4O2S. The van der Waals surface area contributed by atoms with E-state index in [-0.39, 0.29) is 29.5 Å². The zero-order valence-corrected chi connectivity index (χ0v) is 12.3. The number of pyridine rings is 1. The van der Waals surface area contributed by atoms with Crippen molar-refractivity contribution in [3.63, 3.8) is 0 Å². The van der Waals surface area contributed by atoms with Crippen molar-refractivity contribution in [2.45, 2.75) is 25.2 Å². The van der Waals surface area contributed by atoms with Gasteiger partial charge in [0.05, 0.1) is 6.07 Å². The number of hydrogen-bond donors (Lipinski definition) is 0. The van der Waals surface area contributed by atoms with Gasteiger partial charge in [0.25, 0.3) is 0 Å². The summed E-state index contributed by atoms with van der Waals surface area (Å²) in [7, 11) is -3.81. The Labute approximate surface area is 119 Å². The van der Waals surface area contributed by atoms with Gasteiger partial charge in [-0.05, 0) is 18.1 Å². The van der Waals surface area contributed by atoms with Crippen LogP contribution < -0.4 is 0 Å². The van der Waals surface area contributed by atoms with Gasteiger partial charge in [0.1, 0.15) is 11.0 Å².